The van der Waals surface area contributed by atoms with Crippen LogP contribution in [0.15, 0.2) is 34.9 Å². The van der Waals surface area contributed by atoms with Gasteiger partial charge in [0.2, 0.25) is 5.13 Å². The minimum atomic E-state index is 0.284. The SMILES string of the molecule is N#Cc1c(CSc2nnc(NCC3CCCO3)s2)cn2ccccc12. The van der Waals surface area contributed by atoms with Crippen molar-refractivity contribution in [3.63, 3.8) is 0 Å². The van der Waals surface area contributed by atoms with Crippen LogP contribution in [-0.4, -0.2) is 33.9 Å². The van der Waals surface area contributed by atoms with E-state index in [0.29, 0.717) is 5.75 Å². The van der Waals surface area contributed by atoms with E-state index in [1.54, 1.807) is 23.1 Å². The van der Waals surface area contributed by atoms with E-state index in [-0.39, 0.29) is 6.10 Å². The molecule has 1 atom stereocenters. The predicted molar refractivity (Wildman–Crippen MR) is 99.0 cm³/mol. The summed E-state index contributed by atoms with van der Waals surface area (Å²) in [5, 5.41) is 22.0. The highest BCUT2D eigenvalue weighted by molar-refractivity contribution is 8.00. The second-order valence-corrected chi connectivity index (χ2v) is 8.01. The Balaban J connectivity index is 1.39. The molecule has 3 aromatic rings. The molecule has 4 heterocycles. The molecule has 1 fully saturated rings. The number of rotatable bonds is 6. The topological polar surface area (TPSA) is 75.2 Å². The van der Waals surface area contributed by atoms with E-state index >= 15 is 0 Å². The summed E-state index contributed by atoms with van der Waals surface area (Å²) in [4.78, 5) is 0. The summed E-state index contributed by atoms with van der Waals surface area (Å²) < 4.78 is 8.48. The van der Waals surface area contributed by atoms with E-state index in [0.717, 1.165) is 52.1 Å². The number of hydrogen-bond donors (Lipinski definition) is 1. The van der Waals surface area contributed by atoms with Gasteiger partial charge in [-0.05, 0) is 30.5 Å². The van der Waals surface area contributed by atoms with Crippen molar-refractivity contribution in [1.82, 2.24) is 14.6 Å². The van der Waals surface area contributed by atoms with Gasteiger partial charge >= 0.3 is 0 Å². The first-order valence-corrected chi connectivity index (χ1v) is 9.94. The lowest BCUT2D eigenvalue weighted by Crippen LogP contribution is -2.18. The molecule has 0 bridgehead atoms. The molecular formula is C17H17N5OS2. The molecule has 128 valence electrons. The minimum Gasteiger partial charge on any atom is -0.376 e. The first-order chi connectivity index (χ1) is 12.3. The standard InChI is InChI=1S/C17H17N5OS2/c18-8-14-12(10-22-6-2-1-5-15(14)22)11-24-17-21-20-16(25-17)19-9-13-4-3-7-23-13/h1-2,5-6,10,13H,3-4,7,9,11H2,(H,19,20). The van der Waals surface area contributed by atoms with Gasteiger partial charge in [0.05, 0.1) is 17.2 Å². The summed E-state index contributed by atoms with van der Waals surface area (Å²) >= 11 is 3.15. The molecule has 1 N–H and O–H groups in total. The normalized spacial score (nSPS) is 17.0. The van der Waals surface area contributed by atoms with E-state index < -0.39 is 0 Å². The van der Waals surface area contributed by atoms with Crippen molar-refractivity contribution in [2.24, 2.45) is 0 Å². The van der Waals surface area contributed by atoms with Gasteiger partial charge in [0, 0.05) is 31.3 Å². The minimum absolute atomic E-state index is 0.284. The molecule has 0 radical (unpaired) electrons. The molecule has 6 nitrogen and oxygen atoms in total. The van der Waals surface area contributed by atoms with Crippen LogP contribution in [0.1, 0.15) is 24.0 Å². The third-order valence-corrected chi connectivity index (χ3v) is 6.20. The Hall–Kier alpha value is -2.08. The number of nitrogens with one attached hydrogen (secondary N) is 1. The van der Waals surface area contributed by atoms with E-state index in [9.17, 15) is 5.26 Å². The van der Waals surface area contributed by atoms with Crippen molar-refractivity contribution in [3.8, 4) is 6.07 Å². The number of thioether (sulfide) groups is 1. The van der Waals surface area contributed by atoms with Crippen LogP contribution in [0.4, 0.5) is 5.13 Å². The number of fused-ring (bicyclic) bond motifs is 1. The molecular weight excluding hydrogens is 354 g/mol. The van der Waals surface area contributed by atoms with Gasteiger partial charge in [-0.3, -0.25) is 0 Å². The molecule has 1 aliphatic heterocycles. The van der Waals surface area contributed by atoms with E-state index in [2.05, 4.69) is 21.6 Å². The lowest BCUT2D eigenvalue weighted by atomic mass is 10.2. The predicted octanol–water partition coefficient (Wildman–Crippen LogP) is 3.55. The monoisotopic (exact) mass is 371 g/mol. The fourth-order valence-electron chi connectivity index (χ4n) is 2.90. The Morgan fingerprint density at radius 1 is 1.44 bits per heavy atom. The molecule has 0 aromatic carbocycles. The number of aromatic nitrogens is 3. The largest absolute Gasteiger partial charge is 0.376 e. The van der Waals surface area contributed by atoms with Gasteiger partial charge in [-0.15, -0.1) is 10.2 Å². The third-order valence-electron chi connectivity index (χ3n) is 4.14. The Labute approximate surface area is 153 Å². The van der Waals surface area contributed by atoms with Crippen LogP contribution < -0.4 is 5.32 Å². The molecule has 1 unspecified atom stereocenters. The summed E-state index contributed by atoms with van der Waals surface area (Å²) in [6, 6.07) is 8.19. The molecule has 1 aliphatic rings. The second-order valence-electron chi connectivity index (χ2n) is 5.81. The van der Waals surface area contributed by atoms with E-state index in [1.165, 1.54) is 0 Å². The van der Waals surface area contributed by atoms with Crippen LogP contribution in [0.3, 0.4) is 0 Å². The van der Waals surface area contributed by atoms with Gasteiger partial charge in [-0.25, -0.2) is 0 Å². The molecule has 4 rings (SSSR count). The van der Waals surface area contributed by atoms with Crippen LogP contribution >= 0.6 is 23.1 Å². The smallest absolute Gasteiger partial charge is 0.206 e. The zero-order chi connectivity index (χ0) is 17.1. The molecule has 3 aromatic heterocycles. The Bertz CT molecular complexity index is 907. The van der Waals surface area contributed by atoms with Crippen molar-refractivity contribution in [2.45, 2.75) is 29.0 Å². The third kappa shape index (κ3) is 3.63. The highest BCUT2D eigenvalue weighted by Gasteiger charge is 2.16. The summed E-state index contributed by atoms with van der Waals surface area (Å²) in [5.41, 5.74) is 2.69. The van der Waals surface area contributed by atoms with Gasteiger partial charge < -0.3 is 14.5 Å². The number of anilines is 1. The summed E-state index contributed by atoms with van der Waals surface area (Å²) in [6.45, 7) is 1.64. The molecule has 0 spiro atoms. The zero-order valence-corrected chi connectivity index (χ0v) is 15.1. The molecule has 25 heavy (non-hydrogen) atoms. The highest BCUT2D eigenvalue weighted by atomic mass is 32.2. The Kier molecular flexibility index (Phi) is 4.88. The average Bonchev–Trinajstić information content (AvgIpc) is 3.37. The van der Waals surface area contributed by atoms with Gasteiger partial charge in [-0.2, -0.15) is 5.26 Å². The van der Waals surface area contributed by atoms with Crippen LogP contribution in [0.5, 0.6) is 0 Å². The van der Waals surface area contributed by atoms with Crippen molar-refractivity contribution >= 4 is 33.7 Å². The summed E-state index contributed by atoms with van der Waals surface area (Å²) in [7, 11) is 0. The molecule has 0 saturated carbocycles. The first kappa shape index (κ1) is 16.4. The highest BCUT2D eigenvalue weighted by Crippen LogP contribution is 2.30. The lowest BCUT2D eigenvalue weighted by molar-refractivity contribution is 0.120. The number of hydrogen-bond acceptors (Lipinski definition) is 7. The van der Waals surface area contributed by atoms with Crippen LogP contribution in [0.2, 0.25) is 0 Å². The maximum absolute atomic E-state index is 9.46. The van der Waals surface area contributed by atoms with E-state index in [4.69, 9.17) is 4.74 Å². The van der Waals surface area contributed by atoms with Crippen LogP contribution in [0, 0.1) is 11.3 Å². The number of nitrogens with zero attached hydrogens (tertiary/aromatic N) is 4. The van der Waals surface area contributed by atoms with Crippen molar-refractivity contribution in [2.75, 3.05) is 18.5 Å². The van der Waals surface area contributed by atoms with Crippen molar-refractivity contribution in [1.29, 1.82) is 5.26 Å². The second kappa shape index (κ2) is 7.44. The van der Waals surface area contributed by atoms with Crippen molar-refractivity contribution in [3.05, 3.63) is 41.7 Å². The molecule has 8 heteroatoms. The maximum atomic E-state index is 9.46. The van der Waals surface area contributed by atoms with Gasteiger partial charge in [0.1, 0.15) is 6.07 Å². The fraction of sp³-hybridized carbons (Fsp3) is 0.353. The molecule has 0 aliphatic carbocycles. The first-order valence-electron chi connectivity index (χ1n) is 8.14. The molecule has 0 amide bonds. The quantitative estimate of drug-likeness (QED) is 0.668. The van der Waals surface area contributed by atoms with E-state index in [1.807, 2.05) is 35.0 Å². The summed E-state index contributed by atoms with van der Waals surface area (Å²) in [5.74, 6) is 0.699. The Morgan fingerprint density at radius 2 is 2.40 bits per heavy atom. The van der Waals surface area contributed by atoms with Crippen LogP contribution in [-0.2, 0) is 10.5 Å². The molecule has 1 saturated heterocycles. The Morgan fingerprint density at radius 3 is 3.24 bits per heavy atom. The van der Waals surface area contributed by atoms with Gasteiger partial charge in [-0.1, -0.05) is 29.2 Å². The number of nitriles is 1. The van der Waals surface area contributed by atoms with Crippen molar-refractivity contribution < 1.29 is 4.74 Å². The summed E-state index contributed by atoms with van der Waals surface area (Å²) in [6.07, 6.45) is 6.50. The lowest BCUT2D eigenvalue weighted by Gasteiger charge is -2.08. The number of ether oxygens (including phenoxy) is 1. The maximum Gasteiger partial charge on any atom is 0.206 e. The average molecular weight is 371 g/mol. The fourth-order valence-corrected chi connectivity index (χ4v) is 4.63. The number of pyridine rings is 1. The van der Waals surface area contributed by atoms with Crippen LogP contribution in [0.25, 0.3) is 5.52 Å². The van der Waals surface area contributed by atoms with Gasteiger partial charge in [0.25, 0.3) is 0 Å². The zero-order valence-electron chi connectivity index (χ0n) is 13.5. The van der Waals surface area contributed by atoms with Gasteiger partial charge in [0.15, 0.2) is 4.34 Å².